The number of alkyl halides is 1. The Labute approximate surface area is 119 Å². The van der Waals surface area contributed by atoms with Gasteiger partial charge in [-0.3, -0.25) is 4.68 Å². The van der Waals surface area contributed by atoms with Crippen LogP contribution in [-0.2, 0) is 18.4 Å². The molecule has 19 heavy (non-hydrogen) atoms. The number of hydrogen-bond acceptors (Lipinski definition) is 3. The zero-order chi connectivity index (χ0) is 13.2. The number of aryl methyl sites for hydroxylation is 1. The third-order valence-electron chi connectivity index (χ3n) is 3.07. The maximum absolute atomic E-state index is 4.65. The third-order valence-corrected chi connectivity index (χ3v) is 3.64. The van der Waals surface area contributed by atoms with Crippen molar-refractivity contribution in [1.29, 1.82) is 0 Å². The van der Waals surface area contributed by atoms with Gasteiger partial charge in [-0.2, -0.15) is 5.10 Å². The molecule has 0 N–H and O–H groups in total. The van der Waals surface area contributed by atoms with Crippen LogP contribution in [-0.4, -0.2) is 24.8 Å². The Morgan fingerprint density at radius 2 is 2.11 bits per heavy atom. The minimum Gasteiger partial charge on any atom is -0.265 e. The molecule has 3 aromatic rings. The summed E-state index contributed by atoms with van der Waals surface area (Å²) in [5.74, 6) is 0. The Morgan fingerprint density at radius 3 is 2.84 bits per heavy atom. The van der Waals surface area contributed by atoms with Crippen molar-refractivity contribution >= 4 is 26.8 Å². The van der Waals surface area contributed by atoms with Gasteiger partial charge in [-0.05, 0) is 13.0 Å². The van der Waals surface area contributed by atoms with E-state index in [1.54, 1.807) is 0 Å². The molecule has 98 valence electrons. The second kappa shape index (κ2) is 5.13. The van der Waals surface area contributed by atoms with E-state index >= 15 is 0 Å². The average molecular weight is 320 g/mol. The van der Waals surface area contributed by atoms with Gasteiger partial charge in [-0.15, -0.1) is 5.10 Å². The molecule has 1 aromatic carbocycles. The predicted molar refractivity (Wildman–Crippen MR) is 77.2 cm³/mol. The van der Waals surface area contributed by atoms with Crippen LogP contribution < -0.4 is 0 Å². The molecule has 0 unspecified atom stereocenters. The molecule has 0 aliphatic carbocycles. The molecule has 2 aromatic heterocycles. The van der Waals surface area contributed by atoms with E-state index in [9.17, 15) is 0 Å². The van der Waals surface area contributed by atoms with Gasteiger partial charge in [0.15, 0.2) is 0 Å². The molecular formula is C13H14BrN5. The number of halogens is 1. The molecule has 2 heterocycles. The summed E-state index contributed by atoms with van der Waals surface area (Å²) >= 11 is 3.38. The number of aromatic nitrogens is 5. The fourth-order valence-corrected chi connectivity index (χ4v) is 2.44. The standard InChI is InChI=1S/C13H14BrN5/c1-2-19-13-6-4-3-5-11(13)12(16-19)9-18-8-10(7-14)15-17-18/h3-6,8H,2,7,9H2,1H3. The van der Waals surface area contributed by atoms with E-state index in [0.29, 0.717) is 6.54 Å². The van der Waals surface area contributed by atoms with Crippen molar-refractivity contribution < 1.29 is 0 Å². The van der Waals surface area contributed by atoms with E-state index in [0.717, 1.165) is 23.3 Å². The lowest BCUT2D eigenvalue weighted by Gasteiger charge is -1.96. The molecule has 3 rings (SSSR count). The van der Waals surface area contributed by atoms with Gasteiger partial charge in [-0.1, -0.05) is 39.3 Å². The van der Waals surface area contributed by atoms with E-state index in [1.807, 2.05) is 27.7 Å². The van der Waals surface area contributed by atoms with Crippen molar-refractivity contribution in [1.82, 2.24) is 24.8 Å². The summed E-state index contributed by atoms with van der Waals surface area (Å²) in [4.78, 5) is 0. The van der Waals surface area contributed by atoms with Gasteiger partial charge in [0.25, 0.3) is 0 Å². The van der Waals surface area contributed by atoms with Crippen LogP contribution in [0.15, 0.2) is 30.5 Å². The van der Waals surface area contributed by atoms with Gasteiger partial charge in [0, 0.05) is 23.5 Å². The Balaban J connectivity index is 2.00. The summed E-state index contributed by atoms with van der Waals surface area (Å²) in [7, 11) is 0. The van der Waals surface area contributed by atoms with E-state index < -0.39 is 0 Å². The highest BCUT2D eigenvalue weighted by Gasteiger charge is 2.10. The summed E-state index contributed by atoms with van der Waals surface area (Å²) in [6.45, 7) is 3.61. The second-order valence-electron chi connectivity index (χ2n) is 4.32. The second-order valence-corrected chi connectivity index (χ2v) is 4.88. The van der Waals surface area contributed by atoms with Crippen molar-refractivity contribution in [3.05, 3.63) is 41.9 Å². The highest BCUT2D eigenvalue weighted by molar-refractivity contribution is 9.08. The number of para-hydroxylation sites is 1. The smallest absolute Gasteiger partial charge is 0.0932 e. The van der Waals surface area contributed by atoms with Crippen LogP contribution in [0.5, 0.6) is 0 Å². The topological polar surface area (TPSA) is 48.5 Å². The summed E-state index contributed by atoms with van der Waals surface area (Å²) < 4.78 is 3.85. The summed E-state index contributed by atoms with van der Waals surface area (Å²) in [6, 6.07) is 8.28. The Hall–Kier alpha value is -1.69. The van der Waals surface area contributed by atoms with Gasteiger partial charge < -0.3 is 0 Å². The van der Waals surface area contributed by atoms with Crippen molar-refractivity contribution in [2.24, 2.45) is 0 Å². The Kier molecular flexibility index (Phi) is 3.33. The van der Waals surface area contributed by atoms with Crippen LogP contribution in [0.3, 0.4) is 0 Å². The Bertz CT molecular complexity index is 700. The predicted octanol–water partition coefficient (Wildman–Crippen LogP) is 2.59. The van der Waals surface area contributed by atoms with Crippen molar-refractivity contribution in [2.45, 2.75) is 25.3 Å². The number of benzene rings is 1. The summed E-state index contributed by atoms with van der Waals surface area (Å²) in [5.41, 5.74) is 3.13. The number of hydrogen-bond donors (Lipinski definition) is 0. The highest BCUT2D eigenvalue weighted by atomic mass is 79.9. The van der Waals surface area contributed by atoms with E-state index in [2.05, 4.69) is 50.4 Å². The summed E-state index contributed by atoms with van der Waals surface area (Å²) in [5, 5.41) is 14.7. The van der Waals surface area contributed by atoms with Crippen LogP contribution in [0.1, 0.15) is 18.3 Å². The third kappa shape index (κ3) is 2.28. The first-order chi connectivity index (χ1) is 9.31. The molecule has 0 amide bonds. The fourth-order valence-electron chi connectivity index (χ4n) is 2.18. The van der Waals surface area contributed by atoms with E-state index in [4.69, 9.17) is 0 Å². The molecule has 0 saturated carbocycles. The number of fused-ring (bicyclic) bond motifs is 1. The van der Waals surface area contributed by atoms with E-state index in [-0.39, 0.29) is 0 Å². The lowest BCUT2D eigenvalue weighted by molar-refractivity contribution is 0.611. The van der Waals surface area contributed by atoms with Crippen molar-refractivity contribution in [2.75, 3.05) is 0 Å². The number of rotatable bonds is 4. The molecule has 0 saturated heterocycles. The monoisotopic (exact) mass is 319 g/mol. The minimum absolute atomic E-state index is 0.646. The maximum Gasteiger partial charge on any atom is 0.0932 e. The van der Waals surface area contributed by atoms with Crippen LogP contribution in [0.4, 0.5) is 0 Å². The van der Waals surface area contributed by atoms with Crippen LogP contribution in [0.25, 0.3) is 10.9 Å². The average Bonchev–Trinajstić information content (AvgIpc) is 3.04. The SMILES string of the molecule is CCn1nc(Cn2cc(CBr)nn2)c2ccccc21. The molecule has 0 atom stereocenters. The minimum atomic E-state index is 0.646. The lowest BCUT2D eigenvalue weighted by Crippen LogP contribution is -2.03. The van der Waals surface area contributed by atoms with Gasteiger partial charge in [0.1, 0.15) is 0 Å². The zero-order valence-electron chi connectivity index (χ0n) is 10.6. The van der Waals surface area contributed by atoms with Gasteiger partial charge in [0.2, 0.25) is 0 Å². The number of nitrogens with zero attached hydrogens (tertiary/aromatic N) is 5. The zero-order valence-corrected chi connectivity index (χ0v) is 12.2. The van der Waals surface area contributed by atoms with Crippen molar-refractivity contribution in [3.8, 4) is 0 Å². The quantitative estimate of drug-likeness (QED) is 0.694. The highest BCUT2D eigenvalue weighted by Crippen LogP contribution is 2.19. The fraction of sp³-hybridized carbons (Fsp3) is 0.308. The molecule has 6 heteroatoms. The van der Waals surface area contributed by atoms with Crippen molar-refractivity contribution in [3.63, 3.8) is 0 Å². The normalized spacial score (nSPS) is 11.3. The van der Waals surface area contributed by atoms with Crippen LogP contribution in [0, 0.1) is 0 Å². The molecule has 0 radical (unpaired) electrons. The first-order valence-electron chi connectivity index (χ1n) is 6.21. The van der Waals surface area contributed by atoms with E-state index in [1.165, 1.54) is 10.9 Å². The molecule has 0 bridgehead atoms. The lowest BCUT2D eigenvalue weighted by atomic mass is 10.2. The maximum atomic E-state index is 4.65. The molecular weight excluding hydrogens is 306 g/mol. The van der Waals surface area contributed by atoms with Gasteiger partial charge >= 0.3 is 0 Å². The molecule has 5 nitrogen and oxygen atoms in total. The molecule has 0 aliphatic rings. The molecule has 0 fully saturated rings. The van der Waals surface area contributed by atoms with Crippen LogP contribution >= 0.6 is 15.9 Å². The first-order valence-corrected chi connectivity index (χ1v) is 7.33. The molecule has 0 aliphatic heterocycles. The molecule has 0 spiro atoms. The first kappa shape index (κ1) is 12.3. The van der Waals surface area contributed by atoms with Gasteiger partial charge in [-0.25, -0.2) is 4.68 Å². The Morgan fingerprint density at radius 1 is 1.26 bits per heavy atom. The summed E-state index contributed by atoms with van der Waals surface area (Å²) in [6.07, 6.45) is 1.94. The largest absolute Gasteiger partial charge is 0.265 e. The van der Waals surface area contributed by atoms with Crippen LogP contribution in [0.2, 0.25) is 0 Å². The van der Waals surface area contributed by atoms with Gasteiger partial charge in [0.05, 0.1) is 23.4 Å².